The maximum atomic E-state index is 11.9. The number of oxime groups is 1. The van der Waals surface area contributed by atoms with Crippen molar-refractivity contribution in [2.24, 2.45) is 16.8 Å². The van der Waals surface area contributed by atoms with Crippen LogP contribution in [0, 0.1) is 12.8 Å². The van der Waals surface area contributed by atoms with Crippen LogP contribution in [0.5, 0.6) is 0 Å². The number of hydrogen-bond acceptors (Lipinski definition) is 5. The summed E-state index contributed by atoms with van der Waals surface area (Å²) in [6.07, 6.45) is 3.12. The van der Waals surface area contributed by atoms with E-state index in [4.69, 9.17) is 15.4 Å². The first-order valence-electron chi connectivity index (χ1n) is 5.32. The summed E-state index contributed by atoms with van der Waals surface area (Å²) < 4.78 is 4.97. The topological polar surface area (TPSA) is 114 Å². The van der Waals surface area contributed by atoms with E-state index in [1.54, 1.807) is 6.92 Å². The molecule has 1 aromatic rings. The Bertz CT molecular complexity index is 450. The number of carbonyl (C=O) groups excluding carboxylic acids is 1. The molecule has 17 heavy (non-hydrogen) atoms. The highest BCUT2D eigenvalue weighted by Crippen LogP contribution is 2.32. The molecule has 1 fully saturated rings. The average Bonchev–Trinajstić information content (AvgIpc) is 3.07. The Kier molecular flexibility index (Phi) is 2.99. The Labute approximate surface area is 97.7 Å². The van der Waals surface area contributed by atoms with Crippen LogP contribution in [-0.4, -0.2) is 28.0 Å². The van der Waals surface area contributed by atoms with E-state index in [-0.39, 0.29) is 17.5 Å². The molecule has 1 atom stereocenters. The largest absolute Gasteiger partial charge is 0.438 e. The van der Waals surface area contributed by atoms with Crippen LogP contribution in [0.15, 0.2) is 16.0 Å². The smallest absolute Gasteiger partial charge is 0.289 e. The second-order valence-electron chi connectivity index (χ2n) is 4.08. The van der Waals surface area contributed by atoms with Crippen LogP contribution in [0.4, 0.5) is 0 Å². The Morgan fingerprint density at radius 3 is 2.94 bits per heavy atom. The summed E-state index contributed by atoms with van der Waals surface area (Å²) in [6.45, 7) is 1.67. The van der Waals surface area contributed by atoms with E-state index in [0.29, 0.717) is 5.69 Å². The number of hydrogen-bond donors (Lipinski definition) is 3. The first kappa shape index (κ1) is 11.4. The van der Waals surface area contributed by atoms with Gasteiger partial charge in [0.05, 0.1) is 11.7 Å². The van der Waals surface area contributed by atoms with E-state index in [0.717, 1.165) is 12.8 Å². The van der Waals surface area contributed by atoms with Gasteiger partial charge in [0.2, 0.25) is 5.76 Å². The number of rotatable bonds is 4. The van der Waals surface area contributed by atoms with Gasteiger partial charge < -0.3 is 20.7 Å². The molecule has 7 heteroatoms. The maximum Gasteiger partial charge on any atom is 0.289 e. The molecule has 0 radical (unpaired) electrons. The van der Waals surface area contributed by atoms with Crippen molar-refractivity contribution in [3.8, 4) is 0 Å². The zero-order valence-electron chi connectivity index (χ0n) is 9.38. The van der Waals surface area contributed by atoms with Crippen LogP contribution in [-0.2, 0) is 0 Å². The van der Waals surface area contributed by atoms with Gasteiger partial charge in [0.15, 0.2) is 12.2 Å². The van der Waals surface area contributed by atoms with Crippen LogP contribution < -0.4 is 11.1 Å². The summed E-state index contributed by atoms with van der Waals surface area (Å²) in [4.78, 5) is 15.7. The van der Waals surface area contributed by atoms with Crippen molar-refractivity contribution in [3.63, 3.8) is 0 Å². The molecule has 1 aliphatic rings. The first-order valence-corrected chi connectivity index (χ1v) is 5.32. The predicted octanol–water partition coefficient (Wildman–Crippen LogP) is 0.238. The van der Waals surface area contributed by atoms with E-state index >= 15 is 0 Å². The molecule has 0 bridgehead atoms. The summed E-state index contributed by atoms with van der Waals surface area (Å²) in [5, 5.41) is 14.3. The summed E-state index contributed by atoms with van der Waals surface area (Å²) in [5.41, 5.74) is 6.05. The second-order valence-corrected chi connectivity index (χ2v) is 4.08. The number of oxazole rings is 1. The zero-order valence-corrected chi connectivity index (χ0v) is 9.38. The normalized spacial score (nSPS) is 17.8. The van der Waals surface area contributed by atoms with Crippen molar-refractivity contribution in [2.75, 3.05) is 0 Å². The zero-order chi connectivity index (χ0) is 12.4. The third kappa shape index (κ3) is 2.38. The van der Waals surface area contributed by atoms with Crippen LogP contribution in [0.3, 0.4) is 0 Å². The highest BCUT2D eigenvalue weighted by Gasteiger charge is 2.36. The summed E-state index contributed by atoms with van der Waals surface area (Å²) >= 11 is 0. The molecule has 0 aliphatic heterocycles. The lowest BCUT2D eigenvalue weighted by atomic mass is 10.1. The molecule has 1 aliphatic carbocycles. The van der Waals surface area contributed by atoms with Gasteiger partial charge in [-0.25, -0.2) is 4.98 Å². The molecule has 4 N–H and O–H groups in total. The number of carbonyl (C=O) groups is 1. The average molecular weight is 238 g/mol. The van der Waals surface area contributed by atoms with Crippen LogP contribution in [0.1, 0.15) is 29.1 Å². The first-order chi connectivity index (χ1) is 8.13. The van der Waals surface area contributed by atoms with E-state index in [1.165, 1.54) is 6.39 Å². The van der Waals surface area contributed by atoms with Gasteiger partial charge in [-0.05, 0) is 25.7 Å². The molecule has 2 rings (SSSR count). The highest BCUT2D eigenvalue weighted by molar-refractivity contribution is 5.97. The SMILES string of the molecule is Cc1ncoc1C(=O)NC(C(N)=NO)C1CC1. The van der Waals surface area contributed by atoms with Crippen molar-refractivity contribution < 1.29 is 14.4 Å². The summed E-state index contributed by atoms with van der Waals surface area (Å²) in [6, 6.07) is -0.447. The Balaban J connectivity index is 2.08. The van der Waals surface area contributed by atoms with Crippen molar-refractivity contribution in [2.45, 2.75) is 25.8 Å². The number of nitrogens with one attached hydrogen (secondary N) is 1. The molecule has 92 valence electrons. The standard InChI is InChI=1S/C10H14N4O3/c1-5-8(17-4-12-5)10(15)13-7(6-2-3-6)9(11)14-16/h4,6-7,16H,2-3H2,1H3,(H2,11,14)(H,13,15). The van der Waals surface area contributed by atoms with Gasteiger partial charge >= 0.3 is 0 Å². The maximum absolute atomic E-state index is 11.9. The van der Waals surface area contributed by atoms with Gasteiger partial charge in [-0.3, -0.25) is 4.79 Å². The lowest BCUT2D eigenvalue weighted by molar-refractivity contribution is 0.0914. The number of nitrogens with two attached hydrogens (primary N) is 1. The van der Waals surface area contributed by atoms with Crippen molar-refractivity contribution in [1.82, 2.24) is 10.3 Å². The fraction of sp³-hybridized carbons (Fsp3) is 0.500. The molecule has 1 heterocycles. The Morgan fingerprint density at radius 1 is 1.76 bits per heavy atom. The number of nitrogens with zero attached hydrogens (tertiary/aromatic N) is 2. The fourth-order valence-corrected chi connectivity index (χ4v) is 1.65. The lowest BCUT2D eigenvalue weighted by Crippen LogP contribution is -2.46. The third-order valence-corrected chi connectivity index (χ3v) is 2.77. The summed E-state index contributed by atoms with van der Waals surface area (Å²) in [5.74, 6) is 0.000913. The quantitative estimate of drug-likeness (QED) is 0.301. The fourth-order valence-electron chi connectivity index (χ4n) is 1.65. The minimum atomic E-state index is -0.447. The van der Waals surface area contributed by atoms with Crippen LogP contribution >= 0.6 is 0 Å². The number of aromatic nitrogens is 1. The Hall–Kier alpha value is -2.05. The van der Waals surface area contributed by atoms with E-state index in [2.05, 4.69) is 15.5 Å². The number of aryl methyl sites for hydroxylation is 1. The monoisotopic (exact) mass is 238 g/mol. The molecule has 0 aromatic carbocycles. The van der Waals surface area contributed by atoms with Gasteiger partial charge in [0, 0.05) is 0 Å². The number of amidine groups is 1. The molecule has 7 nitrogen and oxygen atoms in total. The van der Waals surface area contributed by atoms with Crippen molar-refractivity contribution in [3.05, 3.63) is 17.8 Å². The lowest BCUT2D eigenvalue weighted by Gasteiger charge is -2.15. The number of amides is 1. The molecular formula is C10H14N4O3. The molecule has 1 saturated carbocycles. The molecule has 1 aromatic heterocycles. The molecule has 0 spiro atoms. The molecule has 0 saturated heterocycles. The third-order valence-electron chi connectivity index (χ3n) is 2.77. The minimum absolute atomic E-state index is 0.0121. The molecule has 1 amide bonds. The van der Waals surface area contributed by atoms with Gasteiger partial charge in [-0.1, -0.05) is 5.16 Å². The van der Waals surface area contributed by atoms with Crippen molar-refractivity contribution in [1.29, 1.82) is 0 Å². The highest BCUT2D eigenvalue weighted by atomic mass is 16.4. The van der Waals surface area contributed by atoms with Gasteiger partial charge in [-0.2, -0.15) is 0 Å². The van der Waals surface area contributed by atoms with E-state index in [9.17, 15) is 4.79 Å². The van der Waals surface area contributed by atoms with E-state index in [1.807, 2.05) is 0 Å². The molecule has 1 unspecified atom stereocenters. The van der Waals surface area contributed by atoms with Crippen LogP contribution in [0.2, 0.25) is 0 Å². The minimum Gasteiger partial charge on any atom is -0.438 e. The van der Waals surface area contributed by atoms with Gasteiger partial charge in [0.25, 0.3) is 5.91 Å². The second kappa shape index (κ2) is 4.44. The van der Waals surface area contributed by atoms with Crippen molar-refractivity contribution >= 4 is 11.7 Å². The van der Waals surface area contributed by atoms with Crippen LogP contribution in [0.25, 0.3) is 0 Å². The Morgan fingerprint density at radius 2 is 2.47 bits per heavy atom. The van der Waals surface area contributed by atoms with Gasteiger partial charge in [0.1, 0.15) is 0 Å². The molecular weight excluding hydrogens is 224 g/mol. The van der Waals surface area contributed by atoms with E-state index < -0.39 is 11.9 Å². The predicted molar refractivity (Wildman–Crippen MR) is 58.6 cm³/mol. The van der Waals surface area contributed by atoms with Gasteiger partial charge in [-0.15, -0.1) is 0 Å². The summed E-state index contributed by atoms with van der Waals surface area (Å²) in [7, 11) is 0.